The molecule has 4 aromatic rings. The Hall–Kier alpha value is -1.89. The number of benzene rings is 2. The molecule has 0 unspecified atom stereocenters. The van der Waals surface area contributed by atoms with E-state index in [1.165, 1.54) is 11.3 Å². The number of imidazole rings is 1. The molecule has 0 amide bonds. The van der Waals surface area contributed by atoms with Crippen molar-refractivity contribution >= 4 is 43.8 Å². The summed E-state index contributed by atoms with van der Waals surface area (Å²) in [7, 11) is 0. The third-order valence-electron chi connectivity index (χ3n) is 3.40. The van der Waals surface area contributed by atoms with Crippen LogP contribution in [0.2, 0.25) is 5.02 Å². The number of nitrogens with zero attached hydrogens (tertiary/aromatic N) is 3. The molecule has 0 aliphatic heterocycles. The minimum absolute atomic E-state index is 0.406. The summed E-state index contributed by atoms with van der Waals surface area (Å²) < 4.78 is 8.56. The van der Waals surface area contributed by atoms with Gasteiger partial charge in [0.2, 0.25) is 4.96 Å². The maximum Gasteiger partial charge on any atom is 0.212 e. The summed E-state index contributed by atoms with van der Waals surface area (Å²) in [5.74, 6) is 0.766. The van der Waals surface area contributed by atoms with Gasteiger partial charge >= 0.3 is 0 Å². The minimum Gasteiger partial charge on any atom is -0.486 e. The summed E-state index contributed by atoms with van der Waals surface area (Å²) in [4.78, 5) is 5.48. The molecular formula is C17H11BrClN3OS. The first-order valence-corrected chi connectivity index (χ1v) is 9.15. The highest BCUT2D eigenvalue weighted by molar-refractivity contribution is 9.10. The lowest BCUT2D eigenvalue weighted by Crippen LogP contribution is -1.95. The molecule has 0 fully saturated rings. The number of aromatic nitrogens is 3. The Bertz CT molecular complexity index is 948. The van der Waals surface area contributed by atoms with Crippen molar-refractivity contribution in [3.05, 3.63) is 69.2 Å². The lowest BCUT2D eigenvalue weighted by atomic mass is 10.2. The molecule has 120 valence electrons. The fourth-order valence-corrected chi connectivity index (χ4v) is 3.41. The third kappa shape index (κ3) is 3.31. The minimum atomic E-state index is 0.406. The first-order chi connectivity index (χ1) is 11.7. The van der Waals surface area contributed by atoms with Gasteiger partial charge in [0.05, 0.1) is 11.9 Å². The predicted octanol–water partition coefficient (Wildman–Crippen LogP) is 5.45. The van der Waals surface area contributed by atoms with Crippen LogP contribution in [0.1, 0.15) is 5.01 Å². The quantitative estimate of drug-likeness (QED) is 0.440. The molecule has 0 radical (unpaired) electrons. The van der Waals surface area contributed by atoms with E-state index >= 15 is 0 Å². The second-order valence-electron chi connectivity index (χ2n) is 5.10. The van der Waals surface area contributed by atoms with Crippen LogP contribution in [0.4, 0.5) is 0 Å². The van der Waals surface area contributed by atoms with Crippen LogP contribution in [0.25, 0.3) is 16.2 Å². The first kappa shape index (κ1) is 15.6. The van der Waals surface area contributed by atoms with Gasteiger partial charge in [-0.15, -0.1) is 0 Å². The van der Waals surface area contributed by atoms with E-state index in [4.69, 9.17) is 16.3 Å². The van der Waals surface area contributed by atoms with Gasteiger partial charge in [0.25, 0.3) is 0 Å². The second kappa shape index (κ2) is 6.55. The molecule has 2 aromatic carbocycles. The molecule has 0 N–H and O–H groups in total. The molecule has 0 bridgehead atoms. The molecule has 4 nitrogen and oxygen atoms in total. The van der Waals surface area contributed by atoms with Crippen molar-refractivity contribution in [2.24, 2.45) is 0 Å². The Kier molecular flexibility index (Phi) is 4.26. The van der Waals surface area contributed by atoms with E-state index in [1.807, 2.05) is 42.6 Å². The molecule has 0 spiro atoms. The Balaban J connectivity index is 1.51. The van der Waals surface area contributed by atoms with Gasteiger partial charge in [-0.2, -0.15) is 5.10 Å². The fraction of sp³-hybridized carbons (Fsp3) is 0.0588. The average Bonchev–Trinajstić information content (AvgIpc) is 3.13. The molecule has 24 heavy (non-hydrogen) atoms. The van der Waals surface area contributed by atoms with Crippen LogP contribution < -0.4 is 4.74 Å². The molecule has 2 aromatic heterocycles. The average molecular weight is 421 g/mol. The zero-order chi connectivity index (χ0) is 16.5. The fourth-order valence-electron chi connectivity index (χ4n) is 2.24. The summed E-state index contributed by atoms with van der Waals surface area (Å²) in [6, 6.07) is 15.3. The monoisotopic (exact) mass is 419 g/mol. The lowest BCUT2D eigenvalue weighted by molar-refractivity contribution is 0.304. The Morgan fingerprint density at radius 2 is 1.83 bits per heavy atom. The van der Waals surface area contributed by atoms with Crippen molar-refractivity contribution < 1.29 is 4.74 Å². The summed E-state index contributed by atoms with van der Waals surface area (Å²) in [6.45, 7) is 0.406. The van der Waals surface area contributed by atoms with Crippen LogP contribution in [-0.2, 0) is 6.61 Å². The van der Waals surface area contributed by atoms with Crippen molar-refractivity contribution in [3.8, 4) is 17.0 Å². The molecule has 4 rings (SSSR count). The van der Waals surface area contributed by atoms with Crippen molar-refractivity contribution in [2.45, 2.75) is 6.61 Å². The molecule has 7 heteroatoms. The zero-order valence-corrected chi connectivity index (χ0v) is 15.5. The van der Waals surface area contributed by atoms with E-state index in [2.05, 4.69) is 26.0 Å². The number of hydrogen-bond donors (Lipinski definition) is 0. The maximum absolute atomic E-state index is 5.86. The SMILES string of the molecule is Clc1ccc(OCc2nn3cc(-c4ccc(Br)cc4)nc3s2)cc1. The van der Waals surface area contributed by atoms with Crippen LogP contribution >= 0.6 is 38.9 Å². The van der Waals surface area contributed by atoms with E-state index < -0.39 is 0 Å². The number of ether oxygens (including phenoxy) is 1. The summed E-state index contributed by atoms with van der Waals surface area (Å²) in [5.41, 5.74) is 1.97. The highest BCUT2D eigenvalue weighted by Gasteiger charge is 2.10. The van der Waals surface area contributed by atoms with Gasteiger partial charge < -0.3 is 4.74 Å². The predicted molar refractivity (Wildman–Crippen MR) is 99.8 cm³/mol. The van der Waals surface area contributed by atoms with Crippen LogP contribution in [0.15, 0.2) is 59.2 Å². The number of fused-ring (bicyclic) bond motifs is 1. The number of halogens is 2. The van der Waals surface area contributed by atoms with Gasteiger partial charge in [-0.05, 0) is 36.4 Å². The molecule has 0 aliphatic rings. The summed E-state index contributed by atoms with van der Waals surface area (Å²) >= 11 is 10.8. The number of rotatable bonds is 4. The van der Waals surface area contributed by atoms with Gasteiger partial charge in [0.15, 0.2) is 5.01 Å². The smallest absolute Gasteiger partial charge is 0.212 e. The summed E-state index contributed by atoms with van der Waals surface area (Å²) in [6.07, 6.45) is 1.93. The van der Waals surface area contributed by atoms with Crippen LogP contribution in [0.5, 0.6) is 5.75 Å². The standard InChI is InChI=1S/C17H11BrClN3OS/c18-12-3-1-11(2-4-12)15-9-22-17(20-15)24-16(21-22)10-23-14-7-5-13(19)6-8-14/h1-9H,10H2. The van der Waals surface area contributed by atoms with Crippen molar-refractivity contribution in [2.75, 3.05) is 0 Å². The van der Waals surface area contributed by atoms with Gasteiger partial charge in [0, 0.05) is 15.1 Å². The highest BCUT2D eigenvalue weighted by Crippen LogP contribution is 2.24. The van der Waals surface area contributed by atoms with Crippen LogP contribution in [-0.4, -0.2) is 14.6 Å². The Morgan fingerprint density at radius 3 is 2.54 bits per heavy atom. The molecule has 0 aliphatic carbocycles. The van der Waals surface area contributed by atoms with Crippen LogP contribution in [0, 0.1) is 0 Å². The molecular weight excluding hydrogens is 410 g/mol. The Morgan fingerprint density at radius 1 is 1.08 bits per heavy atom. The topological polar surface area (TPSA) is 39.4 Å². The first-order valence-electron chi connectivity index (χ1n) is 7.17. The highest BCUT2D eigenvalue weighted by atomic mass is 79.9. The van der Waals surface area contributed by atoms with Crippen molar-refractivity contribution in [1.82, 2.24) is 14.6 Å². The number of hydrogen-bond acceptors (Lipinski definition) is 4. The maximum atomic E-state index is 5.86. The zero-order valence-electron chi connectivity index (χ0n) is 12.3. The van der Waals surface area contributed by atoms with Crippen molar-refractivity contribution in [3.63, 3.8) is 0 Å². The van der Waals surface area contributed by atoms with Crippen molar-refractivity contribution in [1.29, 1.82) is 0 Å². The normalized spacial score (nSPS) is 11.1. The lowest BCUT2D eigenvalue weighted by Gasteiger charge is -2.02. The molecule has 2 heterocycles. The Labute approximate surface area is 155 Å². The van der Waals surface area contributed by atoms with Gasteiger partial charge in [-0.25, -0.2) is 9.50 Å². The van der Waals surface area contributed by atoms with Gasteiger partial charge in [-0.3, -0.25) is 0 Å². The largest absolute Gasteiger partial charge is 0.486 e. The van der Waals surface area contributed by atoms with Gasteiger partial charge in [-0.1, -0.05) is 51.0 Å². The van der Waals surface area contributed by atoms with E-state index in [-0.39, 0.29) is 0 Å². The van der Waals surface area contributed by atoms with E-state index in [0.717, 1.165) is 31.4 Å². The van der Waals surface area contributed by atoms with E-state index in [1.54, 1.807) is 16.6 Å². The third-order valence-corrected chi connectivity index (χ3v) is 5.08. The summed E-state index contributed by atoms with van der Waals surface area (Å²) in [5, 5.41) is 6.08. The molecule has 0 saturated carbocycles. The molecule has 0 saturated heterocycles. The van der Waals surface area contributed by atoms with Gasteiger partial charge in [0.1, 0.15) is 12.4 Å². The second-order valence-corrected chi connectivity index (χ2v) is 7.49. The molecule has 0 atom stereocenters. The van der Waals surface area contributed by atoms with E-state index in [0.29, 0.717) is 11.6 Å². The van der Waals surface area contributed by atoms with Crippen LogP contribution in [0.3, 0.4) is 0 Å². The van der Waals surface area contributed by atoms with E-state index in [9.17, 15) is 0 Å².